The molecule has 0 radical (unpaired) electrons. The fourth-order valence-corrected chi connectivity index (χ4v) is 3.28. The summed E-state index contributed by atoms with van der Waals surface area (Å²) in [7, 11) is 0. The summed E-state index contributed by atoms with van der Waals surface area (Å²) in [5.41, 5.74) is 3.09. The van der Waals surface area contributed by atoms with Gasteiger partial charge in [-0.05, 0) is 24.3 Å². The van der Waals surface area contributed by atoms with Crippen molar-refractivity contribution in [2.24, 2.45) is 5.84 Å². The van der Waals surface area contributed by atoms with E-state index in [2.05, 4.69) is 21.4 Å². The molecule has 0 spiro atoms. The van der Waals surface area contributed by atoms with Crippen LogP contribution in [0, 0.1) is 5.82 Å². The lowest BCUT2D eigenvalue weighted by atomic mass is 10.1. The number of rotatable bonds is 3. The van der Waals surface area contributed by atoms with Gasteiger partial charge in [-0.1, -0.05) is 33.6 Å². The third-order valence-electron chi connectivity index (χ3n) is 2.33. The van der Waals surface area contributed by atoms with Crippen molar-refractivity contribution in [2.75, 3.05) is 0 Å². The Balaban J connectivity index is 2.49. The fraction of sp³-hybridized carbons (Fsp3) is 0.0909. The van der Waals surface area contributed by atoms with Crippen LogP contribution in [0.25, 0.3) is 0 Å². The first-order valence-corrected chi connectivity index (χ1v) is 6.77. The molecule has 0 saturated carbocycles. The lowest BCUT2D eigenvalue weighted by Crippen LogP contribution is -2.29. The van der Waals surface area contributed by atoms with E-state index in [1.54, 1.807) is 18.2 Å². The van der Waals surface area contributed by atoms with Crippen molar-refractivity contribution < 1.29 is 4.39 Å². The van der Waals surface area contributed by atoms with Crippen molar-refractivity contribution in [3.05, 3.63) is 55.4 Å². The lowest BCUT2D eigenvalue weighted by Gasteiger charge is -2.17. The van der Waals surface area contributed by atoms with Gasteiger partial charge in [0.25, 0.3) is 0 Å². The van der Waals surface area contributed by atoms with Crippen molar-refractivity contribution in [1.29, 1.82) is 0 Å². The maximum absolute atomic E-state index is 13.8. The molecule has 1 unspecified atom stereocenters. The van der Waals surface area contributed by atoms with Crippen molar-refractivity contribution in [3.8, 4) is 0 Å². The van der Waals surface area contributed by atoms with E-state index in [0.29, 0.717) is 14.4 Å². The minimum atomic E-state index is -0.414. The van der Waals surface area contributed by atoms with E-state index in [-0.39, 0.29) is 5.82 Å². The molecular formula is C11H9BrClFN2S. The zero-order valence-electron chi connectivity index (χ0n) is 8.58. The highest BCUT2D eigenvalue weighted by Gasteiger charge is 2.20. The fourth-order valence-electron chi connectivity index (χ4n) is 1.58. The van der Waals surface area contributed by atoms with E-state index >= 15 is 0 Å². The minimum Gasteiger partial charge on any atom is -0.271 e. The zero-order valence-corrected chi connectivity index (χ0v) is 11.7. The van der Waals surface area contributed by atoms with Gasteiger partial charge in [0.05, 0.1) is 10.4 Å². The third kappa shape index (κ3) is 2.69. The molecule has 17 heavy (non-hydrogen) atoms. The van der Waals surface area contributed by atoms with Crippen LogP contribution in [-0.4, -0.2) is 0 Å². The number of nitrogens with one attached hydrogen (secondary N) is 1. The third-order valence-corrected chi connectivity index (χ3v) is 4.32. The predicted octanol–water partition coefficient (Wildman–Crippen LogP) is 3.86. The van der Waals surface area contributed by atoms with Crippen LogP contribution >= 0.6 is 38.9 Å². The highest BCUT2D eigenvalue weighted by molar-refractivity contribution is 9.10. The van der Waals surface area contributed by atoms with E-state index in [9.17, 15) is 4.39 Å². The van der Waals surface area contributed by atoms with Crippen LogP contribution in [-0.2, 0) is 0 Å². The highest BCUT2D eigenvalue weighted by atomic mass is 79.9. The van der Waals surface area contributed by atoms with Crippen molar-refractivity contribution >= 4 is 38.9 Å². The monoisotopic (exact) mass is 334 g/mol. The summed E-state index contributed by atoms with van der Waals surface area (Å²) < 4.78 is 15.1. The van der Waals surface area contributed by atoms with E-state index in [1.807, 2.05) is 6.07 Å². The molecule has 2 rings (SSSR count). The molecule has 1 heterocycles. The number of hydrogen-bond donors (Lipinski definition) is 2. The van der Waals surface area contributed by atoms with Crippen LogP contribution in [0.4, 0.5) is 4.39 Å². The molecule has 0 aliphatic heterocycles. The molecule has 0 bridgehead atoms. The topological polar surface area (TPSA) is 38.0 Å². The number of benzene rings is 1. The summed E-state index contributed by atoms with van der Waals surface area (Å²) in [4.78, 5) is 0.864. The number of hydrazine groups is 1. The summed E-state index contributed by atoms with van der Waals surface area (Å²) in [6.45, 7) is 0. The van der Waals surface area contributed by atoms with Gasteiger partial charge in [-0.15, -0.1) is 11.3 Å². The van der Waals surface area contributed by atoms with Crippen LogP contribution in [0.3, 0.4) is 0 Å². The average Bonchev–Trinajstić information content (AvgIpc) is 2.70. The zero-order chi connectivity index (χ0) is 12.4. The highest BCUT2D eigenvalue weighted by Crippen LogP contribution is 2.35. The molecule has 1 aromatic heterocycles. The maximum atomic E-state index is 13.8. The quantitative estimate of drug-likeness (QED) is 0.660. The molecule has 1 aromatic carbocycles. The second-order valence-electron chi connectivity index (χ2n) is 3.38. The molecule has 90 valence electrons. The first kappa shape index (κ1) is 13.0. The Morgan fingerprint density at radius 3 is 2.65 bits per heavy atom. The van der Waals surface area contributed by atoms with E-state index in [4.69, 9.17) is 17.4 Å². The van der Waals surface area contributed by atoms with Crippen molar-refractivity contribution in [1.82, 2.24) is 5.43 Å². The van der Waals surface area contributed by atoms with E-state index in [1.165, 1.54) is 17.4 Å². The van der Waals surface area contributed by atoms with Gasteiger partial charge in [-0.25, -0.2) is 9.82 Å². The standard InChI is InChI=1S/C11H9BrClFN2S/c12-6-2-1-3-7(14)10(6)11(16-15)8-4-5-9(13)17-8/h1-5,11,16H,15H2. The predicted molar refractivity (Wildman–Crippen MR) is 72.6 cm³/mol. The second-order valence-corrected chi connectivity index (χ2v) is 5.98. The van der Waals surface area contributed by atoms with E-state index < -0.39 is 6.04 Å². The molecule has 2 aromatic rings. The number of halogens is 3. The Hall–Kier alpha value is -0.460. The molecule has 6 heteroatoms. The Bertz CT molecular complexity index is 512. The lowest BCUT2D eigenvalue weighted by molar-refractivity contribution is 0.562. The number of hydrogen-bond acceptors (Lipinski definition) is 3. The SMILES string of the molecule is NNC(c1ccc(Cl)s1)c1c(F)cccc1Br. The van der Waals surface area contributed by atoms with Gasteiger partial charge in [0.1, 0.15) is 5.82 Å². The van der Waals surface area contributed by atoms with Crippen LogP contribution in [0.1, 0.15) is 16.5 Å². The van der Waals surface area contributed by atoms with Crippen molar-refractivity contribution in [3.63, 3.8) is 0 Å². The summed E-state index contributed by atoms with van der Waals surface area (Å²) in [6, 6.07) is 8.00. The molecule has 0 fully saturated rings. The Labute approximate surface area is 116 Å². The van der Waals surface area contributed by atoms with Gasteiger partial charge >= 0.3 is 0 Å². The first-order chi connectivity index (χ1) is 8.13. The Morgan fingerprint density at radius 2 is 2.12 bits per heavy atom. The van der Waals surface area contributed by atoms with Crippen LogP contribution in [0.2, 0.25) is 4.34 Å². The molecule has 3 N–H and O–H groups in total. The van der Waals surface area contributed by atoms with Crippen molar-refractivity contribution in [2.45, 2.75) is 6.04 Å². The van der Waals surface area contributed by atoms with Gasteiger partial charge in [0, 0.05) is 14.9 Å². The molecule has 0 aliphatic rings. The van der Waals surface area contributed by atoms with Crippen LogP contribution in [0.5, 0.6) is 0 Å². The first-order valence-electron chi connectivity index (χ1n) is 4.78. The largest absolute Gasteiger partial charge is 0.271 e. The summed E-state index contributed by atoms with van der Waals surface area (Å²) in [5.74, 6) is 5.20. The maximum Gasteiger partial charge on any atom is 0.129 e. The van der Waals surface area contributed by atoms with E-state index in [0.717, 1.165) is 4.88 Å². The van der Waals surface area contributed by atoms with Gasteiger partial charge in [-0.3, -0.25) is 5.84 Å². The molecule has 2 nitrogen and oxygen atoms in total. The molecule has 1 atom stereocenters. The number of nitrogens with two attached hydrogens (primary N) is 1. The summed E-state index contributed by atoms with van der Waals surface area (Å²) in [5, 5.41) is 0. The van der Waals surface area contributed by atoms with Gasteiger partial charge < -0.3 is 0 Å². The average molecular weight is 336 g/mol. The Morgan fingerprint density at radius 1 is 1.35 bits per heavy atom. The van der Waals surface area contributed by atoms with Gasteiger partial charge in [-0.2, -0.15) is 0 Å². The van der Waals surface area contributed by atoms with Gasteiger partial charge in [0.2, 0.25) is 0 Å². The summed E-state index contributed by atoms with van der Waals surface area (Å²) >= 11 is 10.6. The van der Waals surface area contributed by atoms with Crippen LogP contribution < -0.4 is 11.3 Å². The summed E-state index contributed by atoms with van der Waals surface area (Å²) in [6.07, 6.45) is 0. The molecule has 0 aliphatic carbocycles. The molecular weight excluding hydrogens is 327 g/mol. The molecule has 0 saturated heterocycles. The molecule has 0 amide bonds. The van der Waals surface area contributed by atoms with Crippen LogP contribution in [0.15, 0.2) is 34.8 Å². The minimum absolute atomic E-state index is 0.313. The normalized spacial score (nSPS) is 12.7. The smallest absolute Gasteiger partial charge is 0.129 e. The Kier molecular flexibility index (Phi) is 4.17. The second kappa shape index (κ2) is 5.46. The van der Waals surface area contributed by atoms with Gasteiger partial charge in [0.15, 0.2) is 0 Å². The number of thiophene rings is 1.